The Bertz CT molecular complexity index is 784. The number of imidazole rings is 1. The van der Waals surface area contributed by atoms with Crippen LogP contribution in [0.4, 0.5) is 0 Å². The first kappa shape index (κ1) is 12.5. The fraction of sp³-hybridized carbons (Fsp3) is 0.133. The Labute approximate surface area is 121 Å². The monoisotopic (exact) mass is 288 g/mol. The number of nitrogens with one attached hydrogen (secondary N) is 1. The number of halogens is 1. The van der Waals surface area contributed by atoms with E-state index in [-0.39, 0.29) is 0 Å². The first-order valence-electron chi connectivity index (χ1n) is 6.08. The van der Waals surface area contributed by atoms with Crippen LogP contribution in [-0.2, 0) is 6.54 Å². The number of aryl methyl sites for hydroxylation is 1. The molecule has 0 bridgehead atoms. The second-order valence-electron chi connectivity index (χ2n) is 4.61. The summed E-state index contributed by atoms with van der Waals surface area (Å²) < 4.78 is 2.86. The lowest BCUT2D eigenvalue weighted by atomic mass is 10.2. The van der Waals surface area contributed by atoms with Crippen molar-refractivity contribution in [1.82, 2.24) is 9.55 Å². The van der Waals surface area contributed by atoms with Gasteiger partial charge in [0.2, 0.25) is 0 Å². The van der Waals surface area contributed by atoms with Gasteiger partial charge in [-0.2, -0.15) is 0 Å². The van der Waals surface area contributed by atoms with E-state index in [2.05, 4.69) is 34.7 Å². The molecule has 0 atom stereocenters. The summed E-state index contributed by atoms with van der Waals surface area (Å²) in [6.07, 6.45) is 0. The summed E-state index contributed by atoms with van der Waals surface area (Å²) in [4.78, 5) is 3.28. The first-order chi connectivity index (χ1) is 9.15. The Morgan fingerprint density at radius 1 is 1.16 bits per heavy atom. The van der Waals surface area contributed by atoms with Gasteiger partial charge in [0.25, 0.3) is 0 Å². The lowest BCUT2D eigenvalue weighted by Crippen LogP contribution is -1.99. The molecule has 3 aromatic rings. The minimum absolute atomic E-state index is 0.749. The van der Waals surface area contributed by atoms with Crippen LogP contribution in [0.5, 0.6) is 0 Å². The summed E-state index contributed by atoms with van der Waals surface area (Å²) in [6.45, 7) is 2.83. The molecule has 2 aromatic carbocycles. The number of aromatic nitrogens is 2. The smallest absolute Gasteiger partial charge is 0.178 e. The summed E-state index contributed by atoms with van der Waals surface area (Å²) in [5.74, 6) is 0. The minimum Gasteiger partial charge on any atom is -0.330 e. The number of hydrogen-bond acceptors (Lipinski definition) is 1. The van der Waals surface area contributed by atoms with E-state index < -0.39 is 0 Å². The number of para-hydroxylation sites is 1. The highest BCUT2D eigenvalue weighted by Gasteiger charge is 2.06. The lowest BCUT2D eigenvalue weighted by molar-refractivity contribution is 0.810. The number of benzene rings is 2. The highest BCUT2D eigenvalue weighted by Crippen LogP contribution is 2.19. The van der Waals surface area contributed by atoms with Gasteiger partial charge >= 0.3 is 0 Å². The van der Waals surface area contributed by atoms with Crippen LogP contribution in [0.1, 0.15) is 11.1 Å². The second kappa shape index (κ2) is 4.83. The topological polar surface area (TPSA) is 20.7 Å². The number of fused-ring (bicyclic) bond motifs is 1. The van der Waals surface area contributed by atoms with Gasteiger partial charge in [-0.3, -0.25) is 0 Å². The van der Waals surface area contributed by atoms with Gasteiger partial charge in [0.05, 0.1) is 17.6 Å². The van der Waals surface area contributed by atoms with Crippen molar-refractivity contribution in [3.8, 4) is 0 Å². The van der Waals surface area contributed by atoms with Crippen molar-refractivity contribution in [2.45, 2.75) is 13.5 Å². The summed E-state index contributed by atoms with van der Waals surface area (Å²) in [5, 5.41) is 0.752. The lowest BCUT2D eigenvalue weighted by Gasteiger charge is -2.05. The van der Waals surface area contributed by atoms with Crippen molar-refractivity contribution in [3.63, 3.8) is 0 Å². The van der Waals surface area contributed by atoms with Gasteiger partial charge < -0.3 is 9.55 Å². The van der Waals surface area contributed by atoms with E-state index in [4.69, 9.17) is 23.8 Å². The molecule has 0 radical (unpaired) electrons. The average molecular weight is 289 g/mol. The van der Waals surface area contributed by atoms with Crippen molar-refractivity contribution in [3.05, 3.63) is 63.4 Å². The number of H-pyrrole nitrogens is 1. The van der Waals surface area contributed by atoms with Crippen molar-refractivity contribution in [1.29, 1.82) is 0 Å². The van der Waals surface area contributed by atoms with Gasteiger partial charge in [0, 0.05) is 5.02 Å². The minimum atomic E-state index is 0.749. The van der Waals surface area contributed by atoms with E-state index in [1.165, 1.54) is 11.1 Å². The van der Waals surface area contributed by atoms with Gasteiger partial charge in [-0.05, 0) is 48.5 Å². The van der Waals surface area contributed by atoms with E-state index in [0.29, 0.717) is 0 Å². The molecule has 0 spiro atoms. The second-order valence-corrected chi connectivity index (χ2v) is 5.43. The molecule has 0 unspecified atom stereocenters. The number of rotatable bonds is 2. The SMILES string of the molecule is Cc1cccc2c1[nH]c(=S)n2Cc1ccc(Cl)cc1. The van der Waals surface area contributed by atoms with Gasteiger partial charge in [0.15, 0.2) is 4.77 Å². The number of nitrogens with zero attached hydrogens (tertiary/aromatic N) is 1. The Morgan fingerprint density at radius 2 is 1.89 bits per heavy atom. The maximum atomic E-state index is 5.91. The molecule has 0 saturated heterocycles. The first-order valence-corrected chi connectivity index (χ1v) is 6.86. The normalized spacial score (nSPS) is 11.1. The predicted octanol–water partition coefficient (Wildman–Crippen LogP) is 4.71. The molecule has 0 aliphatic rings. The highest BCUT2D eigenvalue weighted by atomic mass is 35.5. The fourth-order valence-electron chi connectivity index (χ4n) is 2.25. The van der Waals surface area contributed by atoms with Gasteiger partial charge in [-0.25, -0.2) is 0 Å². The molecule has 3 rings (SSSR count). The third-order valence-electron chi connectivity index (χ3n) is 3.27. The molecule has 4 heteroatoms. The van der Waals surface area contributed by atoms with Crippen LogP contribution in [0.2, 0.25) is 5.02 Å². The van der Waals surface area contributed by atoms with Crippen LogP contribution in [-0.4, -0.2) is 9.55 Å². The third-order valence-corrected chi connectivity index (χ3v) is 3.85. The average Bonchev–Trinajstić information content (AvgIpc) is 2.71. The van der Waals surface area contributed by atoms with Crippen molar-refractivity contribution >= 4 is 34.9 Å². The number of hydrogen-bond donors (Lipinski definition) is 1. The Hall–Kier alpha value is -1.58. The molecule has 96 valence electrons. The van der Waals surface area contributed by atoms with Crippen molar-refractivity contribution in [2.75, 3.05) is 0 Å². The Kier molecular flexibility index (Phi) is 3.17. The molecule has 1 aromatic heterocycles. The standard InChI is InChI=1S/C15H13ClN2S/c1-10-3-2-4-13-14(10)17-15(19)18(13)9-11-5-7-12(16)8-6-11/h2-8H,9H2,1H3,(H,17,19). The van der Waals surface area contributed by atoms with Crippen molar-refractivity contribution < 1.29 is 0 Å². The molecular weight excluding hydrogens is 276 g/mol. The molecule has 0 fully saturated rings. The number of aromatic amines is 1. The van der Waals surface area contributed by atoms with Crippen LogP contribution >= 0.6 is 23.8 Å². The molecule has 0 saturated carbocycles. The Balaban J connectivity index is 2.10. The van der Waals surface area contributed by atoms with Crippen LogP contribution in [0.15, 0.2) is 42.5 Å². The van der Waals surface area contributed by atoms with E-state index in [1.54, 1.807) is 0 Å². The summed E-state index contributed by atoms with van der Waals surface area (Å²) in [5.41, 5.74) is 4.64. The predicted molar refractivity (Wildman–Crippen MR) is 82.4 cm³/mol. The van der Waals surface area contributed by atoms with Crippen molar-refractivity contribution in [2.24, 2.45) is 0 Å². The summed E-state index contributed by atoms with van der Waals surface area (Å²) in [7, 11) is 0. The Morgan fingerprint density at radius 3 is 2.63 bits per heavy atom. The fourth-order valence-corrected chi connectivity index (χ4v) is 2.64. The molecule has 0 amide bonds. The zero-order chi connectivity index (χ0) is 13.4. The van der Waals surface area contributed by atoms with Crippen LogP contribution in [0.3, 0.4) is 0 Å². The van der Waals surface area contributed by atoms with E-state index in [0.717, 1.165) is 27.4 Å². The largest absolute Gasteiger partial charge is 0.330 e. The zero-order valence-electron chi connectivity index (χ0n) is 10.5. The molecule has 2 nitrogen and oxygen atoms in total. The van der Waals surface area contributed by atoms with Gasteiger partial charge in [0.1, 0.15) is 0 Å². The van der Waals surface area contributed by atoms with Crippen LogP contribution in [0, 0.1) is 11.7 Å². The molecule has 19 heavy (non-hydrogen) atoms. The van der Waals surface area contributed by atoms with E-state index in [1.807, 2.05) is 24.3 Å². The van der Waals surface area contributed by atoms with Crippen LogP contribution in [0.25, 0.3) is 11.0 Å². The maximum absolute atomic E-state index is 5.91. The molecule has 0 aliphatic carbocycles. The summed E-state index contributed by atoms with van der Waals surface area (Å²) >= 11 is 11.3. The molecular formula is C15H13ClN2S. The quantitative estimate of drug-likeness (QED) is 0.677. The van der Waals surface area contributed by atoms with E-state index in [9.17, 15) is 0 Å². The zero-order valence-corrected chi connectivity index (χ0v) is 12.1. The summed E-state index contributed by atoms with van der Waals surface area (Å²) in [6, 6.07) is 14.1. The maximum Gasteiger partial charge on any atom is 0.178 e. The van der Waals surface area contributed by atoms with Gasteiger partial charge in [-0.1, -0.05) is 35.9 Å². The van der Waals surface area contributed by atoms with E-state index >= 15 is 0 Å². The molecule has 1 heterocycles. The van der Waals surface area contributed by atoms with Crippen LogP contribution < -0.4 is 0 Å². The van der Waals surface area contributed by atoms with Gasteiger partial charge in [-0.15, -0.1) is 0 Å². The molecule has 1 N–H and O–H groups in total. The third kappa shape index (κ3) is 2.31. The molecule has 0 aliphatic heterocycles. The highest BCUT2D eigenvalue weighted by molar-refractivity contribution is 7.71.